The molecule has 0 radical (unpaired) electrons. The molecule has 0 saturated carbocycles. The number of ether oxygens (including phenoxy) is 1. The first kappa shape index (κ1) is 17.7. The number of Topliss-reactive ketones (excluding diaryl/α,β-unsaturated/α-hetero) is 1. The van der Waals surface area contributed by atoms with Gasteiger partial charge in [-0.1, -0.05) is 41.9 Å². The standard InChI is InChI=1S/C19H15ClN2O4/c20-15-9-5-4-8-14(15)17(23)12-26-19(25)16-10-11-18(24)22(21-16)13-6-2-1-3-7-13/h1-10,21H,11-12H2. The molecule has 0 unspecified atom stereocenters. The molecule has 1 N–H and O–H groups in total. The average Bonchev–Trinajstić information content (AvgIpc) is 2.67. The summed E-state index contributed by atoms with van der Waals surface area (Å²) in [5.74, 6) is -1.34. The van der Waals surface area contributed by atoms with E-state index in [1.165, 1.54) is 11.1 Å². The van der Waals surface area contributed by atoms with E-state index in [0.717, 1.165) is 0 Å². The van der Waals surface area contributed by atoms with Crippen molar-refractivity contribution in [1.29, 1.82) is 0 Å². The van der Waals surface area contributed by atoms with Crippen molar-refractivity contribution in [3.05, 3.63) is 77.0 Å². The van der Waals surface area contributed by atoms with E-state index >= 15 is 0 Å². The highest BCUT2D eigenvalue weighted by atomic mass is 35.5. The molecule has 6 nitrogen and oxygen atoms in total. The number of carbonyl (C=O) groups excluding carboxylic acids is 3. The van der Waals surface area contributed by atoms with Gasteiger partial charge in [0.25, 0.3) is 0 Å². The minimum atomic E-state index is -0.723. The molecule has 132 valence electrons. The Morgan fingerprint density at radius 2 is 1.77 bits per heavy atom. The second-order valence-electron chi connectivity index (χ2n) is 5.48. The Hall–Kier alpha value is -3.12. The lowest BCUT2D eigenvalue weighted by molar-refractivity contribution is -0.138. The fourth-order valence-corrected chi connectivity index (χ4v) is 2.64. The van der Waals surface area contributed by atoms with Crippen LogP contribution in [0.25, 0.3) is 0 Å². The Morgan fingerprint density at radius 3 is 2.50 bits per heavy atom. The molecule has 1 heterocycles. The van der Waals surface area contributed by atoms with Gasteiger partial charge in [-0.05, 0) is 30.3 Å². The third kappa shape index (κ3) is 3.92. The van der Waals surface area contributed by atoms with Crippen molar-refractivity contribution >= 4 is 34.9 Å². The van der Waals surface area contributed by atoms with Crippen LogP contribution in [0.4, 0.5) is 5.69 Å². The van der Waals surface area contributed by atoms with Crippen LogP contribution in [0.1, 0.15) is 16.8 Å². The molecule has 1 amide bonds. The fourth-order valence-electron chi connectivity index (χ4n) is 2.40. The number of ketones is 1. The third-order valence-corrected chi connectivity index (χ3v) is 4.03. The van der Waals surface area contributed by atoms with Crippen LogP contribution in [0, 0.1) is 0 Å². The molecule has 0 fully saturated rings. The second-order valence-corrected chi connectivity index (χ2v) is 5.88. The molecular weight excluding hydrogens is 356 g/mol. The molecule has 7 heteroatoms. The number of hydrazine groups is 1. The van der Waals surface area contributed by atoms with E-state index in [9.17, 15) is 14.4 Å². The smallest absolute Gasteiger partial charge is 0.356 e. The van der Waals surface area contributed by atoms with E-state index in [2.05, 4.69) is 5.43 Å². The predicted octanol–water partition coefficient (Wildman–Crippen LogP) is 2.89. The summed E-state index contributed by atoms with van der Waals surface area (Å²) in [7, 11) is 0. The lowest BCUT2D eigenvalue weighted by Crippen LogP contribution is -2.47. The second kappa shape index (κ2) is 7.84. The quantitative estimate of drug-likeness (QED) is 0.647. The van der Waals surface area contributed by atoms with E-state index in [1.54, 1.807) is 48.5 Å². The van der Waals surface area contributed by atoms with Crippen LogP contribution in [0.3, 0.4) is 0 Å². The maximum absolute atomic E-state index is 12.2. The van der Waals surface area contributed by atoms with Gasteiger partial charge in [-0.2, -0.15) is 0 Å². The molecule has 1 aliphatic rings. The van der Waals surface area contributed by atoms with E-state index in [4.69, 9.17) is 16.3 Å². The molecule has 3 rings (SSSR count). The van der Waals surface area contributed by atoms with Crippen LogP contribution < -0.4 is 10.4 Å². The molecule has 0 atom stereocenters. The summed E-state index contributed by atoms with van der Waals surface area (Å²) in [6, 6.07) is 15.4. The summed E-state index contributed by atoms with van der Waals surface area (Å²) in [5, 5.41) is 1.57. The number of hydrogen-bond donors (Lipinski definition) is 1. The lowest BCUT2D eigenvalue weighted by atomic mass is 10.1. The number of carbonyl (C=O) groups is 3. The number of rotatable bonds is 5. The van der Waals surface area contributed by atoms with Crippen LogP contribution in [0.5, 0.6) is 0 Å². The van der Waals surface area contributed by atoms with Crippen molar-refractivity contribution in [2.75, 3.05) is 11.6 Å². The summed E-state index contributed by atoms with van der Waals surface area (Å²) >= 11 is 5.96. The Balaban J connectivity index is 1.64. The predicted molar refractivity (Wildman–Crippen MR) is 96.5 cm³/mol. The highest BCUT2D eigenvalue weighted by Crippen LogP contribution is 2.18. The number of hydrogen-bond acceptors (Lipinski definition) is 5. The number of nitrogens with zero attached hydrogens (tertiary/aromatic N) is 1. The van der Waals surface area contributed by atoms with E-state index in [-0.39, 0.29) is 23.6 Å². The highest BCUT2D eigenvalue weighted by molar-refractivity contribution is 6.34. The molecular formula is C19H15ClN2O4. The Morgan fingerprint density at radius 1 is 1.08 bits per heavy atom. The SMILES string of the molecule is O=C(OCC(=O)c1ccccc1Cl)C1=CCC(=O)N(c2ccccc2)N1. The van der Waals surface area contributed by atoms with Crippen molar-refractivity contribution in [2.24, 2.45) is 0 Å². The number of halogens is 1. The summed E-state index contributed by atoms with van der Waals surface area (Å²) in [6.07, 6.45) is 1.48. The first-order chi connectivity index (χ1) is 12.6. The topological polar surface area (TPSA) is 75.7 Å². The van der Waals surface area contributed by atoms with Gasteiger partial charge >= 0.3 is 5.97 Å². The van der Waals surface area contributed by atoms with E-state index in [1.807, 2.05) is 6.07 Å². The number of para-hydroxylation sites is 1. The van der Waals surface area contributed by atoms with Crippen LogP contribution in [0.2, 0.25) is 5.02 Å². The Labute approximate surface area is 155 Å². The van der Waals surface area contributed by atoms with Gasteiger partial charge in [-0.3, -0.25) is 15.0 Å². The maximum atomic E-state index is 12.2. The molecule has 0 aromatic heterocycles. The van der Waals surface area contributed by atoms with Crippen molar-refractivity contribution in [1.82, 2.24) is 5.43 Å². The van der Waals surface area contributed by atoms with Gasteiger partial charge in [0.1, 0.15) is 5.70 Å². The van der Waals surface area contributed by atoms with Gasteiger partial charge in [0.2, 0.25) is 11.7 Å². The van der Waals surface area contributed by atoms with Gasteiger partial charge in [0.15, 0.2) is 6.61 Å². The fraction of sp³-hybridized carbons (Fsp3) is 0.105. The Kier molecular flexibility index (Phi) is 5.34. The highest BCUT2D eigenvalue weighted by Gasteiger charge is 2.25. The minimum Gasteiger partial charge on any atom is -0.453 e. The summed E-state index contributed by atoms with van der Waals surface area (Å²) in [6.45, 7) is -0.444. The number of benzene rings is 2. The monoisotopic (exact) mass is 370 g/mol. The number of nitrogens with one attached hydrogen (secondary N) is 1. The van der Waals surface area contributed by atoms with Crippen LogP contribution in [0.15, 0.2) is 66.4 Å². The zero-order valence-corrected chi connectivity index (χ0v) is 14.4. The van der Waals surface area contributed by atoms with E-state index < -0.39 is 18.4 Å². The number of esters is 1. The van der Waals surface area contributed by atoms with Crippen molar-refractivity contribution in [3.8, 4) is 0 Å². The molecule has 2 aromatic rings. The summed E-state index contributed by atoms with van der Waals surface area (Å²) in [5.41, 5.74) is 3.71. The van der Waals surface area contributed by atoms with Crippen LogP contribution in [-0.4, -0.2) is 24.3 Å². The maximum Gasteiger partial charge on any atom is 0.356 e. The minimum absolute atomic E-state index is 0.0464. The molecule has 0 aliphatic carbocycles. The molecule has 0 bridgehead atoms. The number of amides is 1. The molecule has 2 aromatic carbocycles. The lowest BCUT2D eigenvalue weighted by Gasteiger charge is -2.28. The Bertz CT molecular complexity index is 880. The van der Waals surface area contributed by atoms with Crippen molar-refractivity contribution in [2.45, 2.75) is 6.42 Å². The third-order valence-electron chi connectivity index (χ3n) is 3.71. The largest absolute Gasteiger partial charge is 0.453 e. The van der Waals surface area contributed by atoms with Gasteiger partial charge in [0.05, 0.1) is 10.7 Å². The zero-order chi connectivity index (χ0) is 18.5. The van der Waals surface area contributed by atoms with Gasteiger partial charge in [-0.25, -0.2) is 9.80 Å². The molecule has 1 aliphatic heterocycles. The van der Waals surface area contributed by atoms with Gasteiger partial charge in [0, 0.05) is 12.0 Å². The average molecular weight is 371 g/mol. The molecule has 0 spiro atoms. The van der Waals surface area contributed by atoms with Gasteiger partial charge < -0.3 is 4.74 Å². The molecule has 26 heavy (non-hydrogen) atoms. The normalized spacial score (nSPS) is 13.7. The molecule has 0 saturated heterocycles. The summed E-state index contributed by atoms with van der Waals surface area (Å²) < 4.78 is 5.06. The first-order valence-corrected chi connectivity index (χ1v) is 8.24. The van der Waals surface area contributed by atoms with Crippen LogP contribution >= 0.6 is 11.6 Å². The zero-order valence-electron chi connectivity index (χ0n) is 13.6. The van der Waals surface area contributed by atoms with Crippen molar-refractivity contribution in [3.63, 3.8) is 0 Å². The van der Waals surface area contributed by atoms with Gasteiger partial charge in [-0.15, -0.1) is 0 Å². The van der Waals surface area contributed by atoms with E-state index in [0.29, 0.717) is 10.7 Å². The van der Waals surface area contributed by atoms with Crippen molar-refractivity contribution < 1.29 is 19.1 Å². The van der Waals surface area contributed by atoms with Crippen LogP contribution in [-0.2, 0) is 14.3 Å². The number of anilines is 1. The summed E-state index contributed by atoms with van der Waals surface area (Å²) in [4.78, 5) is 36.4. The first-order valence-electron chi connectivity index (χ1n) is 7.86.